The van der Waals surface area contributed by atoms with Crippen molar-refractivity contribution in [2.24, 2.45) is 5.41 Å². The van der Waals surface area contributed by atoms with E-state index in [1.807, 2.05) is 6.92 Å². The summed E-state index contributed by atoms with van der Waals surface area (Å²) >= 11 is 0. The number of nitrogens with two attached hydrogens (primary N) is 1. The van der Waals surface area contributed by atoms with Gasteiger partial charge in [0.05, 0.1) is 0 Å². The molecule has 8 heteroatoms. The SMILES string of the molecule is Cc1cc(Nc2cc(N)ncn2)c(=O)n2c1C(=O)NC21CC2(CCCC2)C1. The zero-order valence-electron chi connectivity index (χ0n) is 15.2. The zero-order valence-corrected chi connectivity index (χ0v) is 15.2. The molecular weight excluding hydrogens is 344 g/mol. The summed E-state index contributed by atoms with van der Waals surface area (Å²) in [5.74, 6) is 0.614. The van der Waals surface area contributed by atoms with Crippen LogP contribution < -0.4 is 21.9 Å². The van der Waals surface area contributed by atoms with Gasteiger partial charge in [-0.15, -0.1) is 0 Å². The van der Waals surface area contributed by atoms with Crippen molar-refractivity contribution in [2.75, 3.05) is 11.1 Å². The predicted molar refractivity (Wildman–Crippen MR) is 101 cm³/mol. The number of nitrogens with zero attached hydrogens (tertiary/aromatic N) is 3. The normalized spacial score (nSPS) is 21.1. The fraction of sp³-hybridized carbons (Fsp3) is 0.474. The lowest BCUT2D eigenvalue weighted by Crippen LogP contribution is -2.60. The summed E-state index contributed by atoms with van der Waals surface area (Å²) in [6.07, 6.45) is 7.86. The number of rotatable bonds is 2. The van der Waals surface area contributed by atoms with E-state index in [0.717, 1.165) is 18.4 Å². The maximum atomic E-state index is 13.3. The van der Waals surface area contributed by atoms with Gasteiger partial charge >= 0.3 is 0 Å². The highest BCUT2D eigenvalue weighted by Gasteiger charge is 2.60. The smallest absolute Gasteiger partial charge is 0.276 e. The minimum atomic E-state index is -0.582. The Kier molecular flexibility index (Phi) is 3.20. The molecule has 2 aromatic rings. The van der Waals surface area contributed by atoms with E-state index in [9.17, 15) is 9.59 Å². The molecule has 1 aliphatic heterocycles. The van der Waals surface area contributed by atoms with Gasteiger partial charge in [0.1, 0.15) is 35.0 Å². The van der Waals surface area contributed by atoms with E-state index in [-0.39, 0.29) is 16.9 Å². The lowest BCUT2D eigenvalue weighted by molar-refractivity contribution is -0.0359. The maximum Gasteiger partial charge on any atom is 0.276 e. The van der Waals surface area contributed by atoms with Crippen molar-refractivity contribution in [3.8, 4) is 0 Å². The molecule has 0 radical (unpaired) electrons. The Morgan fingerprint density at radius 2 is 1.93 bits per heavy atom. The molecule has 2 aliphatic carbocycles. The molecule has 8 nitrogen and oxygen atoms in total. The average Bonchev–Trinajstić information content (AvgIpc) is 3.17. The first-order valence-electron chi connectivity index (χ1n) is 9.36. The number of hydrogen-bond acceptors (Lipinski definition) is 6. The van der Waals surface area contributed by atoms with Crippen LogP contribution in [0.15, 0.2) is 23.3 Å². The largest absolute Gasteiger partial charge is 0.384 e. The molecule has 1 amide bonds. The Morgan fingerprint density at radius 1 is 1.19 bits per heavy atom. The van der Waals surface area contributed by atoms with Crippen LogP contribution in [0.3, 0.4) is 0 Å². The number of fused-ring (bicyclic) bond motifs is 2. The third-order valence-electron chi connectivity index (χ3n) is 6.33. The van der Waals surface area contributed by atoms with Crippen LogP contribution in [0.5, 0.6) is 0 Å². The fourth-order valence-electron chi connectivity index (χ4n) is 5.34. The number of carbonyl (C=O) groups is 1. The van der Waals surface area contributed by atoms with Crippen LogP contribution in [0.25, 0.3) is 0 Å². The summed E-state index contributed by atoms with van der Waals surface area (Å²) in [7, 11) is 0. The molecule has 2 saturated carbocycles. The molecule has 2 fully saturated rings. The van der Waals surface area contributed by atoms with Crippen LogP contribution in [-0.4, -0.2) is 20.4 Å². The van der Waals surface area contributed by atoms with Crippen molar-refractivity contribution in [1.82, 2.24) is 19.9 Å². The van der Waals surface area contributed by atoms with Crippen LogP contribution in [0.4, 0.5) is 17.3 Å². The highest BCUT2D eigenvalue weighted by atomic mass is 16.2. The molecule has 5 rings (SSSR count). The third-order valence-corrected chi connectivity index (χ3v) is 6.33. The summed E-state index contributed by atoms with van der Waals surface area (Å²) in [5.41, 5.74) is 6.82. The Hall–Kier alpha value is -2.90. The summed E-state index contributed by atoms with van der Waals surface area (Å²) < 4.78 is 1.68. The van der Waals surface area contributed by atoms with Gasteiger partial charge in [-0.2, -0.15) is 0 Å². The fourth-order valence-corrected chi connectivity index (χ4v) is 5.34. The van der Waals surface area contributed by atoms with E-state index in [1.165, 1.54) is 32.0 Å². The van der Waals surface area contributed by atoms with Gasteiger partial charge in [-0.25, -0.2) is 9.97 Å². The van der Waals surface area contributed by atoms with Crippen LogP contribution in [0.1, 0.15) is 54.6 Å². The second kappa shape index (κ2) is 5.31. The minimum Gasteiger partial charge on any atom is -0.384 e. The number of hydrogen-bond donors (Lipinski definition) is 3. The molecule has 0 aromatic carbocycles. The number of carbonyl (C=O) groups excluding carboxylic acids is 1. The molecule has 0 bridgehead atoms. The first-order chi connectivity index (χ1) is 12.9. The summed E-state index contributed by atoms with van der Waals surface area (Å²) in [4.78, 5) is 33.9. The summed E-state index contributed by atoms with van der Waals surface area (Å²) in [6, 6.07) is 3.28. The molecule has 0 saturated heterocycles. The third kappa shape index (κ3) is 2.28. The number of aryl methyl sites for hydroxylation is 1. The number of aromatic nitrogens is 3. The molecule has 2 aromatic heterocycles. The van der Waals surface area contributed by atoms with Gasteiger partial charge in [0.2, 0.25) is 0 Å². The number of nitrogen functional groups attached to an aromatic ring is 1. The van der Waals surface area contributed by atoms with E-state index in [0.29, 0.717) is 23.0 Å². The Labute approximate surface area is 156 Å². The zero-order chi connectivity index (χ0) is 18.8. The number of nitrogens with one attached hydrogen (secondary N) is 2. The van der Waals surface area contributed by atoms with Gasteiger partial charge in [0.15, 0.2) is 0 Å². The molecule has 3 heterocycles. The monoisotopic (exact) mass is 366 g/mol. The van der Waals surface area contributed by atoms with Crippen molar-refractivity contribution in [1.29, 1.82) is 0 Å². The minimum absolute atomic E-state index is 0.157. The van der Waals surface area contributed by atoms with Crippen LogP contribution in [-0.2, 0) is 5.66 Å². The van der Waals surface area contributed by atoms with E-state index in [1.54, 1.807) is 16.7 Å². The topological polar surface area (TPSA) is 115 Å². The van der Waals surface area contributed by atoms with E-state index < -0.39 is 5.66 Å². The highest BCUT2D eigenvalue weighted by molar-refractivity contribution is 5.97. The van der Waals surface area contributed by atoms with Crippen molar-refractivity contribution in [3.05, 3.63) is 40.1 Å². The number of anilines is 3. The Morgan fingerprint density at radius 3 is 2.63 bits per heavy atom. The van der Waals surface area contributed by atoms with Gasteiger partial charge in [-0.3, -0.25) is 14.2 Å². The second-order valence-corrected chi connectivity index (χ2v) is 8.23. The van der Waals surface area contributed by atoms with Crippen molar-refractivity contribution >= 4 is 23.2 Å². The summed E-state index contributed by atoms with van der Waals surface area (Å²) in [6.45, 7) is 1.85. The van der Waals surface area contributed by atoms with E-state index >= 15 is 0 Å². The number of pyridine rings is 1. The summed E-state index contributed by atoms with van der Waals surface area (Å²) in [5, 5.41) is 6.16. The van der Waals surface area contributed by atoms with Crippen LogP contribution >= 0.6 is 0 Å². The molecule has 4 N–H and O–H groups in total. The molecule has 0 unspecified atom stereocenters. The van der Waals surface area contributed by atoms with Gasteiger partial charge in [0, 0.05) is 6.07 Å². The van der Waals surface area contributed by atoms with Crippen molar-refractivity contribution in [2.45, 2.75) is 51.1 Å². The molecule has 140 valence electrons. The number of amides is 1. The second-order valence-electron chi connectivity index (χ2n) is 8.23. The first kappa shape index (κ1) is 16.3. The highest BCUT2D eigenvalue weighted by Crippen LogP contribution is 2.61. The Balaban J connectivity index is 1.58. The standard InChI is InChI=1S/C19H22N6O2/c1-11-6-12(23-14-7-13(20)21-10-22-14)17(27)25-15(11)16(26)24-19(25)8-18(9-19)4-2-3-5-18/h6-7,10H,2-5,8-9H2,1H3,(H,24,26)(H3,20,21,22,23). The first-order valence-corrected chi connectivity index (χ1v) is 9.36. The Bertz CT molecular complexity index is 1010. The molecule has 2 spiro atoms. The van der Waals surface area contributed by atoms with Crippen LogP contribution in [0.2, 0.25) is 0 Å². The molecule has 0 atom stereocenters. The molecular formula is C19H22N6O2. The predicted octanol–water partition coefficient (Wildman–Crippen LogP) is 2.02. The van der Waals surface area contributed by atoms with E-state index in [2.05, 4.69) is 20.6 Å². The quantitative estimate of drug-likeness (QED) is 0.749. The van der Waals surface area contributed by atoms with Gasteiger partial charge in [0.25, 0.3) is 11.5 Å². The van der Waals surface area contributed by atoms with Crippen molar-refractivity contribution in [3.63, 3.8) is 0 Å². The lowest BCUT2D eigenvalue weighted by Gasteiger charge is -2.53. The molecule has 3 aliphatic rings. The average molecular weight is 366 g/mol. The molecule has 27 heavy (non-hydrogen) atoms. The van der Waals surface area contributed by atoms with Gasteiger partial charge < -0.3 is 16.4 Å². The van der Waals surface area contributed by atoms with Crippen molar-refractivity contribution < 1.29 is 4.79 Å². The van der Waals surface area contributed by atoms with Crippen LogP contribution in [0, 0.1) is 12.3 Å². The lowest BCUT2D eigenvalue weighted by atomic mass is 9.60. The van der Waals surface area contributed by atoms with Gasteiger partial charge in [-0.1, -0.05) is 12.8 Å². The van der Waals surface area contributed by atoms with Gasteiger partial charge in [-0.05, 0) is 49.7 Å². The maximum absolute atomic E-state index is 13.3. The van der Waals surface area contributed by atoms with E-state index in [4.69, 9.17) is 5.73 Å².